The molecule has 2 aromatic carbocycles. The second kappa shape index (κ2) is 7.47. The summed E-state index contributed by atoms with van der Waals surface area (Å²) in [6, 6.07) is 18.2. The van der Waals surface area contributed by atoms with Gasteiger partial charge in [-0.1, -0.05) is 38.1 Å². The summed E-state index contributed by atoms with van der Waals surface area (Å²) in [6.07, 6.45) is 0. The molecule has 0 saturated carbocycles. The molecule has 2 aromatic rings. The van der Waals surface area contributed by atoms with Crippen LogP contribution in [0, 0.1) is 11.3 Å². The van der Waals surface area contributed by atoms with Gasteiger partial charge in [0.15, 0.2) is 0 Å². The zero-order valence-corrected chi connectivity index (χ0v) is 12.5. The fraction of sp³-hybridized carbons (Fsp3) is 0.278. The van der Waals surface area contributed by atoms with Gasteiger partial charge in [0.1, 0.15) is 12.4 Å². The van der Waals surface area contributed by atoms with E-state index in [1.54, 1.807) is 6.07 Å². The van der Waals surface area contributed by atoms with Crippen molar-refractivity contribution in [3.8, 4) is 11.8 Å². The Kier molecular flexibility index (Phi) is 5.36. The molecule has 0 atom stereocenters. The van der Waals surface area contributed by atoms with Crippen LogP contribution in [0.5, 0.6) is 5.75 Å². The van der Waals surface area contributed by atoms with Crippen molar-refractivity contribution < 1.29 is 4.74 Å². The van der Waals surface area contributed by atoms with Gasteiger partial charge in [-0.3, -0.25) is 0 Å². The first-order valence-electron chi connectivity index (χ1n) is 7.11. The van der Waals surface area contributed by atoms with E-state index in [1.807, 2.05) is 36.4 Å². The summed E-state index contributed by atoms with van der Waals surface area (Å²) in [7, 11) is 0. The van der Waals surface area contributed by atoms with Gasteiger partial charge in [0.25, 0.3) is 0 Å². The fourth-order valence-electron chi connectivity index (χ4n) is 1.96. The first-order valence-corrected chi connectivity index (χ1v) is 7.11. The number of ether oxygens (including phenoxy) is 1. The van der Waals surface area contributed by atoms with Crippen molar-refractivity contribution in [2.75, 3.05) is 0 Å². The molecule has 108 valence electrons. The van der Waals surface area contributed by atoms with Crippen LogP contribution in [-0.4, -0.2) is 6.04 Å². The van der Waals surface area contributed by atoms with E-state index in [-0.39, 0.29) is 0 Å². The van der Waals surface area contributed by atoms with Gasteiger partial charge in [-0.15, -0.1) is 0 Å². The minimum absolute atomic E-state index is 0.461. The number of rotatable bonds is 6. The van der Waals surface area contributed by atoms with E-state index in [0.29, 0.717) is 18.2 Å². The second-order valence-corrected chi connectivity index (χ2v) is 5.28. The standard InChI is InChI=1S/C18H20N2O/c1-14(2)20-12-16-6-4-8-18(10-16)21-13-17-7-3-5-15(9-17)11-19/h3-10,14,20H,12-13H2,1-2H3. The molecule has 21 heavy (non-hydrogen) atoms. The highest BCUT2D eigenvalue weighted by Crippen LogP contribution is 2.15. The lowest BCUT2D eigenvalue weighted by molar-refractivity contribution is 0.306. The third-order valence-corrected chi connectivity index (χ3v) is 3.07. The van der Waals surface area contributed by atoms with Crippen LogP contribution >= 0.6 is 0 Å². The van der Waals surface area contributed by atoms with Crippen molar-refractivity contribution in [2.45, 2.75) is 33.0 Å². The lowest BCUT2D eigenvalue weighted by atomic mass is 10.1. The highest BCUT2D eigenvalue weighted by Gasteiger charge is 2.00. The Balaban J connectivity index is 1.96. The number of nitrogens with zero attached hydrogens (tertiary/aromatic N) is 1. The molecular weight excluding hydrogens is 260 g/mol. The van der Waals surface area contributed by atoms with Crippen LogP contribution in [0.1, 0.15) is 30.5 Å². The molecule has 1 N–H and O–H groups in total. The van der Waals surface area contributed by atoms with Gasteiger partial charge >= 0.3 is 0 Å². The van der Waals surface area contributed by atoms with E-state index in [9.17, 15) is 0 Å². The summed E-state index contributed by atoms with van der Waals surface area (Å²) in [5.74, 6) is 0.848. The summed E-state index contributed by atoms with van der Waals surface area (Å²) in [5, 5.41) is 12.3. The maximum Gasteiger partial charge on any atom is 0.120 e. The van der Waals surface area contributed by atoms with E-state index >= 15 is 0 Å². The largest absolute Gasteiger partial charge is 0.489 e. The van der Waals surface area contributed by atoms with Gasteiger partial charge in [-0.25, -0.2) is 0 Å². The zero-order chi connectivity index (χ0) is 15.1. The van der Waals surface area contributed by atoms with Crippen LogP contribution in [0.4, 0.5) is 0 Å². The maximum atomic E-state index is 8.89. The molecule has 0 spiro atoms. The van der Waals surface area contributed by atoms with Crippen molar-refractivity contribution in [1.29, 1.82) is 5.26 Å². The van der Waals surface area contributed by atoms with E-state index in [1.165, 1.54) is 5.56 Å². The number of nitrogens with one attached hydrogen (secondary N) is 1. The molecule has 0 aliphatic carbocycles. The van der Waals surface area contributed by atoms with E-state index in [2.05, 4.69) is 31.3 Å². The van der Waals surface area contributed by atoms with Crippen LogP contribution in [0.25, 0.3) is 0 Å². The third kappa shape index (κ3) is 4.94. The second-order valence-electron chi connectivity index (χ2n) is 5.28. The Bertz CT molecular complexity index is 629. The van der Waals surface area contributed by atoms with Crippen molar-refractivity contribution in [3.05, 3.63) is 65.2 Å². The number of benzene rings is 2. The van der Waals surface area contributed by atoms with Gasteiger partial charge in [0, 0.05) is 12.6 Å². The molecule has 0 bridgehead atoms. The minimum Gasteiger partial charge on any atom is -0.489 e. The molecule has 0 aliphatic rings. The SMILES string of the molecule is CC(C)NCc1cccc(OCc2cccc(C#N)c2)c1. The Labute approximate surface area is 126 Å². The van der Waals surface area contributed by atoms with Crippen molar-refractivity contribution in [2.24, 2.45) is 0 Å². The number of hydrogen-bond donors (Lipinski definition) is 1. The molecule has 0 aromatic heterocycles. The summed E-state index contributed by atoms with van der Waals surface area (Å²) >= 11 is 0. The van der Waals surface area contributed by atoms with Crippen molar-refractivity contribution in [3.63, 3.8) is 0 Å². The van der Waals surface area contributed by atoms with Gasteiger partial charge in [0.05, 0.1) is 11.6 Å². The van der Waals surface area contributed by atoms with Crippen LogP contribution in [0.2, 0.25) is 0 Å². The van der Waals surface area contributed by atoms with Gasteiger partial charge in [-0.05, 0) is 35.4 Å². The molecule has 3 heteroatoms. The Hall–Kier alpha value is -2.31. The minimum atomic E-state index is 0.461. The number of nitriles is 1. The quantitative estimate of drug-likeness (QED) is 0.878. The van der Waals surface area contributed by atoms with E-state index in [4.69, 9.17) is 10.00 Å². The monoisotopic (exact) mass is 280 g/mol. The molecule has 0 amide bonds. The molecule has 0 saturated heterocycles. The van der Waals surface area contributed by atoms with Crippen LogP contribution in [0.3, 0.4) is 0 Å². The molecule has 0 unspecified atom stereocenters. The Morgan fingerprint density at radius 1 is 1.10 bits per heavy atom. The third-order valence-electron chi connectivity index (χ3n) is 3.07. The maximum absolute atomic E-state index is 8.89. The molecule has 0 radical (unpaired) electrons. The lowest BCUT2D eigenvalue weighted by Gasteiger charge is -2.10. The van der Waals surface area contributed by atoms with Crippen LogP contribution < -0.4 is 10.1 Å². The van der Waals surface area contributed by atoms with Crippen LogP contribution in [-0.2, 0) is 13.2 Å². The zero-order valence-electron chi connectivity index (χ0n) is 12.5. The summed E-state index contributed by atoms with van der Waals surface area (Å²) < 4.78 is 5.80. The van der Waals surface area contributed by atoms with Gasteiger partial charge in [-0.2, -0.15) is 5.26 Å². The molecule has 0 aliphatic heterocycles. The summed E-state index contributed by atoms with van der Waals surface area (Å²) in [5.41, 5.74) is 2.86. The van der Waals surface area contributed by atoms with Crippen molar-refractivity contribution >= 4 is 0 Å². The first-order chi connectivity index (χ1) is 10.2. The Morgan fingerprint density at radius 3 is 2.62 bits per heavy atom. The first kappa shape index (κ1) is 15.1. The van der Waals surface area contributed by atoms with Crippen LogP contribution in [0.15, 0.2) is 48.5 Å². The molecule has 2 rings (SSSR count). The predicted octanol–water partition coefficient (Wildman–Crippen LogP) is 3.64. The molecular formula is C18H20N2O. The number of hydrogen-bond acceptors (Lipinski definition) is 3. The molecule has 3 nitrogen and oxygen atoms in total. The average molecular weight is 280 g/mol. The average Bonchev–Trinajstić information content (AvgIpc) is 2.51. The highest BCUT2D eigenvalue weighted by molar-refractivity contribution is 5.33. The molecule has 0 fully saturated rings. The smallest absolute Gasteiger partial charge is 0.120 e. The molecule has 0 heterocycles. The van der Waals surface area contributed by atoms with Crippen molar-refractivity contribution in [1.82, 2.24) is 5.32 Å². The topological polar surface area (TPSA) is 45.0 Å². The van der Waals surface area contributed by atoms with Gasteiger partial charge in [0.2, 0.25) is 0 Å². The fourth-order valence-corrected chi connectivity index (χ4v) is 1.96. The highest BCUT2D eigenvalue weighted by atomic mass is 16.5. The van der Waals surface area contributed by atoms with E-state index in [0.717, 1.165) is 17.9 Å². The normalized spacial score (nSPS) is 10.4. The van der Waals surface area contributed by atoms with Gasteiger partial charge < -0.3 is 10.1 Å². The summed E-state index contributed by atoms with van der Waals surface area (Å²) in [4.78, 5) is 0. The summed E-state index contributed by atoms with van der Waals surface area (Å²) in [6.45, 7) is 5.56. The predicted molar refractivity (Wildman–Crippen MR) is 83.9 cm³/mol. The van der Waals surface area contributed by atoms with E-state index < -0.39 is 0 Å². The Morgan fingerprint density at radius 2 is 1.86 bits per heavy atom. The lowest BCUT2D eigenvalue weighted by Crippen LogP contribution is -2.21.